The summed E-state index contributed by atoms with van der Waals surface area (Å²) in [5.74, 6) is -0.609. The second-order valence-electron chi connectivity index (χ2n) is 10.1. The van der Waals surface area contributed by atoms with E-state index in [9.17, 15) is 18.8 Å². The van der Waals surface area contributed by atoms with Gasteiger partial charge in [0.25, 0.3) is 0 Å². The van der Waals surface area contributed by atoms with E-state index in [4.69, 9.17) is 31.9 Å². The number of hydrogen-bond donors (Lipinski definition) is 3. The predicted molar refractivity (Wildman–Crippen MR) is 144 cm³/mol. The first kappa shape index (κ1) is 27.9. The summed E-state index contributed by atoms with van der Waals surface area (Å²) in [7, 11) is 1.45. The number of piperidine rings is 1. The Hall–Kier alpha value is -3.67. The smallest absolute Gasteiger partial charge is 0.323 e. The average Bonchev–Trinajstić information content (AvgIpc) is 3.44. The third-order valence-corrected chi connectivity index (χ3v) is 7.83. The predicted octanol–water partition coefficient (Wildman–Crippen LogP) is 2.63. The van der Waals surface area contributed by atoms with Crippen LogP contribution in [0.3, 0.4) is 0 Å². The van der Waals surface area contributed by atoms with Crippen LogP contribution >= 0.6 is 11.6 Å². The third-order valence-electron chi connectivity index (χ3n) is 7.54. The van der Waals surface area contributed by atoms with Crippen LogP contribution in [0, 0.1) is 17.7 Å². The number of nitrogens with one attached hydrogen (secondary N) is 1. The summed E-state index contributed by atoms with van der Waals surface area (Å²) in [4.78, 5) is 40.8. The van der Waals surface area contributed by atoms with Gasteiger partial charge in [0.05, 0.1) is 36.2 Å². The first-order valence-electron chi connectivity index (χ1n) is 12.9. The molecule has 0 unspecified atom stereocenters. The van der Waals surface area contributed by atoms with Gasteiger partial charge in [0.1, 0.15) is 24.2 Å². The van der Waals surface area contributed by atoms with Gasteiger partial charge in [-0.3, -0.25) is 14.2 Å². The van der Waals surface area contributed by atoms with Crippen LogP contribution in [0.5, 0.6) is 5.75 Å². The number of aliphatic hydroxyl groups is 1. The largest absolute Gasteiger partial charge is 0.491 e. The van der Waals surface area contributed by atoms with Crippen molar-refractivity contribution in [2.75, 3.05) is 33.5 Å². The Bertz CT molecular complexity index is 1460. The summed E-state index contributed by atoms with van der Waals surface area (Å²) in [6.45, 7) is 0.376. The Kier molecular flexibility index (Phi) is 7.97. The van der Waals surface area contributed by atoms with Gasteiger partial charge in [-0.15, -0.1) is 0 Å². The van der Waals surface area contributed by atoms with Crippen LogP contribution in [0.15, 0.2) is 42.6 Å². The summed E-state index contributed by atoms with van der Waals surface area (Å²) in [5, 5.41) is 12.5. The minimum absolute atomic E-state index is 0.0156. The maximum absolute atomic E-state index is 14.8. The van der Waals surface area contributed by atoms with Gasteiger partial charge in [-0.25, -0.2) is 9.18 Å². The Morgan fingerprint density at radius 2 is 2.08 bits per heavy atom. The Morgan fingerprint density at radius 3 is 2.80 bits per heavy atom. The van der Waals surface area contributed by atoms with Crippen LogP contribution in [0.2, 0.25) is 5.02 Å². The van der Waals surface area contributed by atoms with E-state index in [1.54, 1.807) is 29.2 Å². The van der Waals surface area contributed by atoms with Crippen LogP contribution in [0.25, 0.3) is 10.9 Å². The molecule has 3 amide bonds. The summed E-state index contributed by atoms with van der Waals surface area (Å²) in [5.41, 5.74) is 6.81. The quantitative estimate of drug-likeness (QED) is 0.342. The molecule has 4 atom stereocenters. The number of hydrogen-bond acceptors (Lipinski definition) is 6. The second kappa shape index (κ2) is 11.4. The summed E-state index contributed by atoms with van der Waals surface area (Å²) in [6.07, 6.45) is 2.27. The van der Waals surface area contributed by atoms with Crippen LogP contribution in [0.4, 0.5) is 9.18 Å². The van der Waals surface area contributed by atoms with E-state index < -0.39 is 23.9 Å². The Balaban J connectivity index is 1.38. The molecule has 2 aliphatic rings. The summed E-state index contributed by atoms with van der Waals surface area (Å²) < 4.78 is 26.8. The van der Waals surface area contributed by atoms with Crippen LogP contribution in [-0.4, -0.2) is 71.9 Å². The number of ether oxygens (including phenoxy) is 2. The molecule has 40 heavy (non-hydrogen) atoms. The lowest BCUT2D eigenvalue weighted by molar-refractivity contribution is -0.139. The van der Waals surface area contributed by atoms with Gasteiger partial charge >= 0.3 is 6.03 Å². The first-order valence-corrected chi connectivity index (χ1v) is 13.3. The number of amides is 3. The number of carbonyl (C=O) groups is 3. The molecule has 212 valence electrons. The van der Waals surface area contributed by atoms with E-state index in [2.05, 4.69) is 5.32 Å². The van der Waals surface area contributed by atoms with Gasteiger partial charge in [0, 0.05) is 30.8 Å². The monoisotopic (exact) mass is 572 g/mol. The highest BCUT2D eigenvalue weighted by Gasteiger charge is 2.57. The number of fused-ring (bicyclic) bond motifs is 2. The molecular weight excluding hydrogens is 543 g/mol. The molecule has 0 bridgehead atoms. The number of methoxy groups -OCH3 is 1. The van der Waals surface area contributed by atoms with Crippen molar-refractivity contribution < 1.29 is 33.4 Å². The highest BCUT2D eigenvalue weighted by molar-refractivity contribution is 6.30. The normalized spacial score (nSPS) is 20.3. The number of likely N-dealkylation sites (tertiary alicyclic amines) is 1. The van der Waals surface area contributed by atoms with Gasteiger partial charge in [0.2, 0.25) is 11.8 Å². The van der Waals surface area contributed by atoms with Crippen LogP contribution in [0.1, 0.15) is 23.6 Å². The SMILES string of the molecule is COC[C@H](NC(=O)[C@@H]1[C@H]2C[C@H]2CN1C(=O)Cc1cn(C(N)=O)c2ccc(OCCO)cc12)c1cccc(Cl)c1F. The number of nitrogens with zero attached hydrogens (tertiary/aromatic N) is 2. The number of nitrogens with two attached hydrogens (primary N) is 1. The fourth-order valence-electron chi connectivity index (χ4n) is 5.60. The van der Waals surface area contributed by atoms with E-state index in [0.717, 1.165) is 6.42 Å². The molecule has 1 saturated heterocycles. The Morgan fingerprint density at radius 1 is 1.27 bits per heavy atom. The molecule has 2 aromatic carbocycles. The zero-order chi connectivity index (χ0) is 28.6. The van der Waals surface area contributed by atoms with Crippen molar-refractivity contribution in [3.63, 3.8) is 0 Å². The molecule has 2 fully saturated rings. The second-order valence-corrected chi connectivity index (χ2v) is 10.5. The number of halogens is 2. The van der Waals surface area contributed by atoms with Gasteiger partial charge in [0.15, 0.2) is 0 Å². The van der Waals surface area contributed by atoms with Crippen molar-refractivity contribution in [3.05, 3.63) is 64.6 Å². The van der Waals surface area contributed by atoms with Crippen molar-refractivity contribution in [1.82, 2.24) is 14.8 Å². The van der Waals surface area contributed by atoms with Gasteiger partial charge in [-0.05, 0) is 48.1 Å². The number of benzene rings is 2. The van der Waals surface area contributed by atoms with E-state index in [0.29, 0.717) is 28.8 Å². The van der Waals surface area contributed by atoms with Crippen molar-refractivity contribution in [3.8, 4) is 5.75 Å². The van der Waals surface area contributed by atoms with Crippen molar-refractivity contribution in [1.29, 1.82) is 0 Å². The van der Waals surface area contributed by atoms with Gasteiger partial charge < -0.3 is 30.5 Å². The number of aromatic nitrogens is 1. The molecule has 1 aromatic heterocycles. The number of aliphatic hydroxyl groups excluding tert-OH is 1. The maximum Gasteiger partial charge on any atom is 0.323 e. The summed E-state index contributed by atoms with van der Waals surface area (Å²) in [6, 6.07) is 7.34. The lowest BCUT2D eigenvalue weighted by Crippen LogP contribution is -2.50. The molecule has 4 N–H and O–H groups in total. The number of rotatable bonds is 10. The van der Waals surface area contributed by atoms with Crippen molar-refractivity contribution in [2.24, 2.45) is 17.6 Å². The van der Waals surface area contributed by atoms with E-state index in [1.165, 1.54) is 30.0 Å². The molecule has 5 rings (SSSR count). The van der Waals surface area contributed by atoms with Crippen molar-refractivity contribution >= 4 is 40.3 Å². The highest BCUT2D eigenvalue weighted by atomic mass is 35.5. The fourth-order valence-corrected chi connectivity index (χ4v) is 5.78. The van der Waals surface area contributed by atoms with Crippen molar-refractivity contribution in [2.45, 2.75) is 24.9 Å². The highest BCUT2D eigenvalue weighted by Crippen LogP contribution is 2.50. The van der Waals surface area contributed by atoms with Gasteiger partial charge in [-0.1, -0.05) is 23.7 Å². The molecule has 10 nitrogen and oxygen atoms in total. The summed E-state index contributed by atoms with van der Waals surface area (Å²) >= 11 is 5.96. The Labute approximate surface area is 234 Å². The zero-order valence-corrected chi connectivity index (χ0v) is 22.6. The molecule has 12 heteroatoms. The lowest BCUT2D eigenvalue weighted by atomic mass is 10.0. The first-order chi connectivity index (χ1) is 19.2. The van der Waals surface area contributed by atoms with E-state index in [1.807, 2.05) is 0 Å². The minimum atomic E-state index is -0.795. The minimum Gasteiger partial charge on any atom is -0.491 e. The third kappa shape index (κ3) is 5.36. The van der Waals surface area contributed by atoms with Crippen LogP contribution < -0.4 is 15.8 Å². The fraction of sp³-hybridized carbons (Fsp3) is 0.393. The average molecular weight is 573 g/mol. The molecule has 2 heterocycles. The maximum atomic E-state index is 14.8. The standard InChI is InChI=1S/C28H30ClFN4O6/c1-39-14-22(18-3-2-4-21(29)25(18)30)32-27(37)26-20-9-15(20)13-34(26)24(36)10-16-12-33(28(31)38)23-6-5-17(11-19(16)23)40-8-7-35/h2-6,11-12,15,20,22,26,35H,7-10,13-14H2,1H3,(H2,31,38)(H,32,37)/t15-,20-,22-,26-/m0/s1. The van der Waals surface area contributed by atoms with E-state index >= 15 is 0 Å². The lowest BCUT2D eigenvalue weighted by Gasteiger charge is -2.29. The molecular formula is C28H30ClFN4O6. The van der Waals surface area contributed by atoms with E-state index in [-0.39, 0.29) is 60.5 Å². The number of primary amides is 1. The molecule has 1 saturated carbocycles. The molecule has 1 aliphatic heterocycles. The molecule has 0 spiro atoms. The number of carbonyl (C=O) groups excluding carboxylic acids is 3. The van der Waals surface area contributed by atoms with Gasteiger partial charge in [-0.2, -0.15) is 0 Å². The topological polar surface area (TPSA) is 136 Å². The molecule has 3 aromatic rings. The molecule has 0 radical (unpaired) electrons. The molecule has 1 aliphatic carbocycles. The zero-order valence-electron chi connectivity index (χ0n) is 21.8. The van der Waals surface area contributed by atoms with Crippen LogP contribution in [-0.2, 0) is 20.7 Å².